The lowest BCUT2D eigenvalue weighted by Gasteiger charge is -2.15. The third-order valence-electron chi connectivity index (χ3n) is 2.40. The van der Waals surface area contributed by atoms with Crippen molar-refractivity contribution in [2.75, 3.05) is 14.2 Å². The summed E-state index contributed by atoms with van der Waals surface area (Å²) in [4.78, 5) is 22.5. The Hall–Kier alpha value is -2.77. The zero-order valence-corrected chi connectivity index (χ0v) is 11.0. The van der Waals surface area contributed by atoms with Gasteiger partial charge in [-0.25, -0.2) is 4.79 Å². The summed E-state index contributed by atoms with van der Waals surface area (Å²) in [5, 5.41) is 22.7. The van der Waals surface area contributed by atoms with Crippen LogP contribution in [0.15, 0.2) is 40.5 Å². The van der Waals surface area contributed by atoms with Crippen molar-refractivity contribution in [3.63, 3.8) is 0 Å². The van der Waals surface area contributed by atoms with E-state index in [-0.39, 0.29) is 11.5 Å². The second-order valence-corrected chi connectivity index (χ2v) is 3.68. The number of carbonyl (C=O) groups excluding carboxylic acids is 2. The average molecular weight is 282 g/mol. The standard InChI is InChI=1S/C12H14N2O6/c1-6-4-5-7(9(16)8(6)15)13-14-11(19-2)10(17)12(18)20-3/h5,13,15-16H,1,4H2,2-3H3. The first-order chi connectivity index (χ1) is 9.42. The molecule has 0 aromatic heterocycles. The largest absolute Gasteiger partial charge is 0.504 e. The van der Waals surface area contributed by atoms with Crippen LogP contribution in [0.2, 0.25) is 0 Å². The third-order valence-corrected chi connectivity index (χ3v) is 2.40. The molecular formula is C12H14N2O6. The maximum Gasteiger partial charge on any atom is 0.384 e. The lowest BCUT2D eigenvalue weighted by atomic mass is 10.0. The molecule has 0 saturated carbocycles. The van der Waals surface area contributed by atoms with Gasteiger partial charge < -0.3 is 19.7 Å². The van der Waals surface area contributed by atoms with E-state index in [1.165, 1.54) is 6.08 Å². The normalized spacial score (nSPS) is 15.6. The Morgan fingerprint density at radius 2 is 1.95 bits per heavy atom. The predicted octanol–water partition coefficient (Wildman–Crippen LogP) is 0.449. The van der Waals surface area contributed by atoms with Gasteiger partial charge >= 0.3 is 11.8 Å². The molecule has 3 N–H and O–H groups in total. The lowest BCUT2D eigenvalue weighted by Crippen LogP contribution is -2.28. The van der Waals surface area contributed by atoms with Crippen LogP contribution in [-0.2, 0) is 19.1 Å². The molecule has 0 unspecified atom stereocenters. The van der Waals surface area contributed by atoms with Crippen molar-refractivity contribution in [1.29, 1.82) is 0 Å². The highest BCUT2D eigenvalue weighted by Gasteiger charge is 2.23. The van der Waals surface area contributed by atoms with Crippen molar-refractivity contribution < 1.29 is 29.3 Å². The topological polar surface area (TPSA) is 117 Å². The van der Waals surface area contributed by atoms with E-state index in [0.717, 1.165) is 14.2 Å². The molecule has 20 heavy (non-hydrogen) atoms. The number of hydrazone groups is 1. The van der Waals surface area contributed by atoms with Crippen LogP contribution >= 0.6 is 0 Å². The molecule has 1 aliphatic rings. The fourth-order valence-electron chi connectivity index (χ4n) is 1.29. The Balaban J connectivity index is 2.88. The maximum atomic E-state index is 11.4. The quantitative estimate of drug-likeness (QED) is 0.225. The number of hydrogen-bond acceptors (Lipinski definition) is 8. The lowest BCUT2D eigenvalue weighted by molar-refractivity contribution is -0.149. The number of nitrogens with zero attached hydrogens (tertiary/aromatic N) is 1. The number of ketones is 1. The summed E-state index contributed by atoms with van der Waals surface area (Å²) < 4.78 is 8.88. The molecule has 108 valence electrons. The monoisotopic (exact) mass is 282 g/mol. The second-order valence-electron chi connectivity index (χ2n) is 3.68. The number of methoxy groups -OCH3 is 2. The molecule has 8 nitrogen and oxygen atoms in total. The molecule has 0 atom stereocenters. The van der Waals surface area contributed by atoms with E-state index in [4.69, 9.17) is 0 Å². The van der Waals surface area contributed by atoms with Gasteiger partial charge in [-0.05, 0) is 12.0 Å². The number of carbonyl (C=O) groups is 2. The minimum absolute atomic E-state index is 0.0575. The number of Topliss-reactive ketones (excluding diaryl/α,β-unsaturated/α-hetero) is 1. The number of allylic oxidation sites excluding steroid dienone is 2. The smallest absolute Gasteiger partial charge is 0.384 e. The summed E-state index contributed by atoms with van der Waals surface area (Å²) in [5.74, 6) is -3.61. The van der Waals surface area contributed by atoms with E-state index in [2.05, 4.69) is 26.6 Å². The molecule has 0 bridgehead atoms. The van der Waals surface area contributed by atoms with Gasteiger partial charge in [0, 0.05) is 0 Å². The first-order valence-corrected chi connectivity index (χ1v) is 5.43. The van der Waals surface area contributed by atoms with Crippen LogP contribution in [0.25, 0.3) is 0 Å². The molecule has 1 rings (SSSR count). The van der Waals surface area contributed by atoms with Crippen LogP contribution in [-0.4, -0.2) is 42.1 Å². The van der Waals surface area contributed by atoms with E-state index in [0.29, 0.717) is 12.0 Å². The number of aliphatic hydroxyl groups is 2. The molecule has 0 spiro atoms. The number of esters is 1. The minimum Gasteiger partial charge on any atom is -0.504 e. The van der Waals surface area contributed by atoms with Gasteiger partial charge in [-0.2, -0.15) is 0 Å². The van der Waals surface area contributed by atoms with Crippen molar-refractivity contribution in [3.05, 3.63) is 35.4 Å². The van der Waals surface area contributed by atoms with E-state index >= 15 is 0 Å². The highest BCUT2D eigenvalue weighted by Crippen LogP contribution is 2.23. The van der Waals surface area contributed by atoms with Gasteiger partial charge in [0.15, 0.2) is 11.5 Å². The first-order valence-electron chi connectivity index (χ1n) is 5.43. The van der Waals surface area contributed by atoms with Gasteiger partial charge in [-0.3, -0.25) is 10.2 Å². The van der Waals surface area contributed by atoms with E-state index in [1.807, 2.05) is 0 Å². The Morgan fingerprint density at radius 1 is 1.30 bits per heavy atom. The molecule has 8 heteroatoms. The van der Waals surface area contributed by atoms with Crippen LogP contribution in [0, 0.1) is 0 Å². The van der Waals surface area contributed by atoms with E-state index in [1.54, 1.807) is 0 Å². The summed E-state index contributed by atoms with van der Waals surface area (Å²) in [6.07, 6.45) is 1.79. The van der Waals surface area contributed by atoms with E-state index < -0.39 is 23.4 Å². The summed E-state index contributed by atoms with van der Waals surface area (Å²) >= 11 is 0. The molecule has 0 aliphatic heterocycles. The average Bonchev–Trinajstić information content (AvgIpc) is 2.46. The summed E-state index contributed by atoms with van der Waals surface area (Å²) in [7, 11) is 2.19. The molecule has 0 aromatic carbocycles. The Morgan fingerprint density at radius 3 is 2.50 bits per heavy atom. The second kappa shape index (κ2) is 6.41. The number of ether oxygens (including phenoxy) is 2. The summed E-state index contributed by atoms with van der Waals surface area (Å²) in [6, 6.07) is 0. The SMILES string of the molecule is C=C1CC=C(NN=C(OC)C(=O)C(=O)OC)C(O)=C1O. The molecule has 0 aromatic rings. The van der Waals surface area contributed by atoms with Crippen LogP contribution in [0.4, 0.5) is 0 Å². The van der Waals surface area contributed by atoms with Gasteiger partial charge in [-0.1, -0.05) is 12.7 Å². The number of nitrogens with one attached hydrogen (secondary N) is 1. The molecule has 0 saturated heterocycles. The summed E-state index contributed by atoms with van der Waals surface area (Å²) in [6.45, 7) is 3.54. The number of rotatable bonds is 4. The van der Waals surface area contributed by atoms with Crippen LogP contribution in [0.1, 0.15) is 6.42 Å². The molecule has 0 heterocycles. The number of hydrogen-bond donors (Lipinski definition) is 3. The molecule has 1 aliphatic carbocycles. The van der Waals surface area contributed by atoms with Crippen molar-refractivity contribution in [3.8, 4) is 0 Å². The maximum absolute atomic E-state index is 11.4. The van der Waals surface area contributed by atoms with E-state index in [9.17, 15) is 19.8 Å². The van der Waals surface area contributed by atoms with Crippen molar-refractivity contribution >= 4 is 17.7 Å². The Labute approximate surface area is 114 Å². The van der Waals surface area contributed by atoms with Crippen molar-refractivity contribution in [2.24, 2.45) is 5.10 Å². The molecule has 0 fully saturated rings. The number of aliphatic hydroxyl groups excluding tert-OH is 2. The van der Waals surface area contributed by atoms with Crippen LogP contribution < -0.4 is 5.43 Å². The van der Waals surface area contributed by atoms with Gasteiger partial charge in [0.05, 0.1) is 19.9 Å². The van der Waals surface area contributed by atoms with Crippen molar-refractivity contribution in [2.45, 2.75) is 6.42 Å². The molecule has 0 radical (unpaired) electrons. The minimum atomic E-state index is -1.14. The fraction of sp³-hybridized carbons (Fsp3) is 0.250. The highest BCUT2D eigenvalue weighted by atomic mass is 16.5. The zero-order valence-electron chi connectivity index (χ0n) is 11.0. The first kappa shape index (κ1) is 15.3. The Kier molecular flexibility index (Phi) is 4.90. The predicted molar refractivity (Wildman–Crippen MR) is 68.7 cm³/mol. The van der Waals surface area contributed by atoms with Gasteiger partial charge in [-0.15, -0.1) is 5.10 Å². The zero-order chi connectivity index (χ0) is 15.3. The van der Waals surface area contributed by atoms with Gasteiger partial charge in [0.1, 0.15) is 0 Å². The highest BCUT2D eigenvalue weighted by molar-refractivity contribution is 6.61. The summed E-state index contributed by atoms with van der Waals surface area (Å²) in [5.41, 5.74) is 2.72. The van der Waals surface area contributed by atoms with Gasteiger partial charge in [0.25, 0.3) is 5.90 Å². The fourth-order valence-corrected chi connectivity index (χ4v) is 1.29. The third kappa shape index (κ3) is 3.16. The van der Waals surface area contributed by atoms with Gasteiger partial charge in [0.2, 0.25) is 0 Å². The van der Waals surface area contributed by atoms with Crippen molar-refractivity contribution in [1.82, 2.24) is 5.43 Å². The molecular weight excluding hydrogens is 268 g/mol. The molecule has 0 amide bonds. The van der Waals surface area contributed by atoms with Crippen LogP contribution in [0.3, 0.4) is 0 Å². The van der Waals surface area contributed by atoms with Crippen LogP contribution in [0.5, 0.6) is 0 Å². The Bertz CT molecular complexity index is 544.